The van der Waals surface area contributed by atoms with Crippen molar-refractivity contribution in [3.63, 3.8) is 0 Å². The van der Waals surface area contributed by atoms with Gasteiger partial charge in [0.15, 0.2) is 0 Å². The highest BCUT2D eigenvalue weighted by Gasteiger charge is 2.22. The number of rotatable bonds is 6. The van der Waals surface area contributed by atoms with Gasteiger partial charge in [-0.2, -0.15) is 0 Å². The highest BCUT2D eigenvalue weighted by molar-refractivity contribution is 5.93. The van der Waals surface area contributed by atoms with Crippen LogP contribution in [-0.2, 0) is 4.74 Å². The Bertz CT molecular complexity index is 451. The number of hydrogen-bond donors (Lipinski definition) is 1. The van der Waals surface area contributed by atoms with Crippen LogP contribution in [0, 0.1) is 5.92 Å². The zero-order valence-corrected chi connectivity index (χ0v) is 11.5. The molecule has 1 aliphatic carbocycles. The van der Waals surface area contributed by atoms with E-state index in [9.17, 15) is 4.79 Å². The van der Waals surface area contributed by atoms with E-state index in [1.54, 1.807) is 18.3 Å². The van der Waals surface area contributed by atoms with Crippen molar-refractivity contribution in [2.24, 2.45) is 5.92 Å². The molecule has 1 atom stereocenters. The van der Waals surface area contributed by atoms with Crippen LogP contribution in [-0.4, -0.2) is 36.8 Å². The number of hydrogen-bond acceptors (Lipinski definition) is 4. The minimum absolute atomic E-state index is 0.0601. The lowest BCUT2D eigenvalue weighted by Gasteiger charge is -2.10. The van der Waals surface area contributed by atoms with Crippen molar-refractivity contribution >= 4 is 5.91 Å². The van der Waals surface area contributed by atoms with E-state index in [1.165, 1.54) is 12.8 Å². The molecule has 5 heteroatoms. The van der Waals surface area contributed by atoms with Gasteiger partial charge in [-0.1, -0.05) is 0 Å². The van der Waals surface area contributed by atoms with Crippen LogP contribution in [0.3, 0.4) is 0 Å². The van der Waals surface area contributed by atoms with Gasteiger partial charge in [-0.25, -0.2) is 4.98 Å². The standard InChI is InChI=1S/C15H20N2O3/c18-15(17-8-11-3-4-11)12-5-6-14(16-9-12)20-10-13-2-1-7-19-13/h5-6,9,11,13H,1-4,7-8,10H2,(H,17,18)/t13-/m0/s1. The Labute approximate surface area is 118 Å². The quantitative estimate of drug-likeness (QED) is 0.860. The molecule has 1 aliphatic heterocycles. The van der Waals surface area contributed by atoms with Gasteiger partial charge in [0, 0.05) is 25.4 Å². The molecule has 1 N–H and O–H groups in total. The number of amides is 1. The smallest absolute Gasteiger partial charge is 0.252 e. The van der Waals surface area contributed by atoms with E-state index in [0.717, 1.165) is 26.0 Å². The second-order valence-electron chi connectivity index (χ2n) is 5.48. The third-order valence-electron chi connectivity index (χ3n) is 3.69. The van der Waals surface area contributed by atoms with E-state index in [1.807, 2.05) is 0 Å². The lowest BCUT2D eigenvalue weighted by atomic mass is 10.2. The zero-order chi connectivity index (χ0) is 13.8. The van der Waals surface area contributed by atoms with Crippen LogP contribution in [0.25, 0.3) is 0 Å². The summed E-state index contributed by atoms with van der Waals surface area (Å²) in [4.78, 5) is 16.0. The van der Waals surface area contributed by atoms with E-state index >= 15 is 0 Å². The minimum Gasteiger partial charge on any atom is -0.475 e. The van der Waals surface area contributed by atoms with Gasteiger partial charge in [-0.05, 0) is 37.7 Å². The molecule has 1 saturated heterocycles. The molecule has 2 heterocycles. The molecular weight excluding hydrogens is 256 g/mol. The normalized spacial score (nSPS) is 21.7. The minimum atomic E-state index is -0.0601. The van der Waals surface area contributed by atoms with Crippen molar-refractivity contribution in [3.8, 4) is 5.88 Å². The number of carbonyl (C=O) groups excluding carboxylic acids is 1. The maximum absolute atomic E-state index is 11.8. The lowest BCUT2D eigenvalue weighted by Crippen LogP contribution is -2.25. The molecule has 2 aliphatic rings. The molecule has 108 valence electrons. The summed E-state index contributed by atoms with van der Waals surface area (Å²) in [7, 11) is 0. The summed E-state index contributed by atoms with van der Waals surface area (Å²) in [5, 5.41) is 2.92. The van der Waals surface area contributed by atoms with Crippen molar-refractivity contribution in [3.05, 3.63) is 23.9 Å². The van der Waals surface area contributed by atoms with Gasteiger partial charge in [0.1, 0.15) is 6.61 Å². The summed E-state index contributed by atoms with van der Waals surface area (Å²) in [6, 6.07) is 3.49. The molecule has 0 unspecified atom stereocenters. The molecule has 5 nitrogen and oxygen atoms in total. The molecule has 0 bridgehead atoms. The Morgan fingerprint density at radius 1 is 1.40 bits per heavy atom. The Balaban J connectivity index is 1.46. The number of aromatic nitrogens is 1. The van der Waals surface area contributed by atoms with Crippen LogP contribution in [0.2, 0.25) is 0 Å². The fraction of sp³-hybridized carbons (Fsp3) is 0.600. The van der Waals surface area contributed by atoms with Crippen LogP contribution in [0.15, 0.2) is 18.3 Å². The average Bonchev–Trinajstić information content (AvgIpc) is 3.17. The second-order valence-corrected chi connectivity index (χ2v) is 5.48. The fourth-order valence-corrected chi connectivity index (χ4v) is 2.22. The topological polar surface area (TPSA) is 60.5 Å². The van der Waals surface area contributed by atoms with Gasteiger partial charge in [-0.3, -0.25) is 4.79 Å². The number of ether oxygens (including phenoxy) is 2. The van der Waals surface area contributed by atoms with E-state index in [-0.39, 0.29) is 12.0 Å². The van der Waals surface area contributed by atoms with E-state index in [2.05, 4.69) is 10.3 Å². The molecule has 20 heavy (non-hydrogen) atoms. The van der Waals surface area contributed by atoms with Crippen LogP contribution < -0.4 is 10.1 Å². The first-order valence-corrected chi connectivity index (χ1v) is 7.30. The highest BCUT2D eigenvalue weighted by Crippen LogP contribution is 2.27. The van der Waals surface area contributed by atoms with Crippen LogP contribution in [0.5, 0.6) is 5.88 Å². The molecule has 0 spiro atoms. The summed E-state index contributed by atoms with van der Waals surface area (Å²) >= 11 is 0. The SMILES string of the molecule is O=C(NCC1CC1)c1ccc(OC[C@@H]2CCCO2)nc1. The Kier molecular flexibility index (Phi) is 4.16. The summed E-state index contributed by atoms with van der Waals surface area (Å²) in [6.07, 6.45) is 6.35. The van der Waals surface area contributed by atoms with E-state index in [0.29, 0.717) is 24.0 Å². The van der Waals surface area contributed by atoms with Crippen molar-refractivity contribution in [1.29, 1.82) is 0 Å². The van der Waals surface area contributed by atoms with E-state index in [4.69, 9.17) is 9.47 Å². The summed E-state index contributed by atoms with van der Waals surface area (Å²) in [6.45, 7) is 2.12. The number of pyridine rings is 1. The Morgan fingerprint density at radius 2 is 2.30 bits per heavy atom. The van der Waals surface area contributed by atoms with Gasteiger partial charge >= 0.3 is 0 Å². The number of nitrogens with one attached hydrogen (secondary N) is 1. The van der Waals surface area contributed by atoms with Crippen LogP contribution in [0.1, 0.15) is 36.0 Å². The molecule has 3 rings (SSSR count). The average molecular weight is 276 g/mol. The predicted octanol–water partition coefficient (Wildman–Crippen LogP) is 1.78. The van der Waals surface area contributed by atoms with Crippen LogP contribution >= 0.6 is 0 Å². The maximum Gasteiger partial charge on any atom is 0.252 e. The monoisotopic (exact) mass is 276 g/mol. The zero-order valence-electron chi connectivity index (χ0n) is 11.5. The first-order valence-electron chi connectivity index (χ1n) is 7.30. The molecule has 2 fully saturated rings. The summed E-state index contributed by atoms with van der Waals surface area (Å²) in [5.74, 6) is 1.16. The van der Waals surface area contributed by atoms with Crippen molar-refractivity contribution in [2.45, 2.75) is 31.8 Å². The third-order valence-corrected chi connectivity index (χ3v) is 3.69. The van der Waals surface area contributed by atoms with Crippen LogP contribution in [0.4, 0.5) is 0 Å². The number of nitrogens with zero attached hydrogens (tertiary/aromatic N) is 1. The molecule has 1 aromatic heterocycles. The van der Waals surface area contributed by atoms with Crippen molar-refractivity contribution < 1.29 is 14.3 Å². The Morgan fingerprint density at radius 3 is 2.95 bits per heavy atom. The molecule has 1 amide bonds. The third kappa shape index (κ3) is 3.70. The summed E-state index contributed by atoms with van der Waals surface area (Å²) < 4.78 is 11.0. The van der Waals surface area contributed by atoms with Crippen molar-refractivity contribution in [2.75, 3.05) is 19.8 Å². The molecule has 0 radical (unpaired) electrons. The Hall–Kier alpha value is -1.62. The largest absolute Gasteiger partial charge is 0.475 e. The van der Waals surface area contributed by atoms with Gasteiger partial charge in [0.2, 0.25) is 5.88 Å². The first kappa shape index (κ1) is 13.4. The van der Waals surface area contributed by atoms with Crippen molar-refractivity contribution in [1.82, 2.24) is 10.3 Å². The van der Waals surface area contributed by atoms with Gasteiger partial charge in [-0.15, -0.1) is 0 Å². The lowest BCUT2D eigenvalue weighted by molar-refractivity contribution is 0.0663. The first-order chi connectivity index (χ1) is 9.81. The van der Waals surface area contributed by atoms with Gasteiger partial charge < -0.3 is 14.8 Å². The molecular formula is C15H20N2O3. The number of carbonyl (C=O) groups is 1. The molecule has 1 saturated carbocycles. The van der Waals surface area contributed by atoms with E-state index < -0.39 is 0 Å². The molecule has 0 aromatic carbocycles. The van der Waals surface area contributed by atoms with Gasteiger partial charge in [0.25, 0.3) is 5.91 Å². The summed E-state index contributed by atoms with van der Waals surface area (Å²) in [5.41, 5.74) is 0.579. The fourth-order valence-electron chi connectivity index (χ4n) is 2.22. The van der Waals surface area contributed by atoms with Gasteiger partial charge in [0.05, 0.1) is 11.7 Å². The second kappa shape index (κ2) is 6.22. The predicted molar refractivity (Wildman–Crippen MR) is 73.8 cm³/mol. The molecule has 1 aromatic rings. The maximum atomic E-state index is 11.8. The highest BCUT2D eigenvalue weighted by atomic mass is 16.5.